The summed E-state index contributed by atoms with van der Waals surface area (Å²) in [6.07, 6.45) is -2.67. The number of tetrazole rings is 1. The number of methoxy groups -OCH3 is 1. The van der Waals surface area contributed by atoms with E-state index >= 15 is 0 Å². The number of aliphatic hydroxyl groups is 2. The van der Waals surface area contributed by atoms with Crippen LogP contribution < -0.4 is 31.1 Å². The van der Waals surface area contributed by atoms with Gasteiger partial charge in [-0.3, -0.25) is 14.2 Å². The maximum Gasteiger partial charge on any atom is 0.271 e. The van der Waals surface area contributed by atoms with E-state index in [2.05, 4.69) is 55.3 Å². The van der Waals surface area contributed by atoms with Gasteiger partial charge in [0.25, 0.3) is 10.9 Å². The van der Waals surface area contributed by atoms with Crippen LogP contribution in [0, 0.1) is 0 Å². The summed E-state index contributed by atoms with van der Waals surface area (Å²) >= 11 is 0. The van der Waals surface area contributed by atoms with E-state index in [9.17, 15) is 19.8 Å². The third-order valence-corrected chi connectivity index (χ3v) is 9.70. The fraction of sp³-hybridized carbons (Fsp3) is 0.371. The molecule has 3 aromatic heterocycles. The van der Waals surface area contributed by atoms with Crippen LogP contribution in [0.5, 0.6) is 5.75 Å². The van der Waals surface area contributed by atoms with Crippen molar-refractivity contribution in [3.05, 3.63) is 104 Å². The minimum absolute atomic E-state index is 0.0239. The molecular weight excluding hydrogens is 670 g/mol. The quantitative estimate of drug-likeness (QED) is 0.133. The number of anilines is 3. The highest BCUT2D eigenvalue weighted by molar-refractivity contribution is 5.84. The van der Waals surface area contributed by atoms with Crippen LogP contribution in [0.25, 0.3) is 11.2 Å². The Balaban J connectivity index is 1.14. The number of rotatable bonds is 12. The summed E-state index contributed by atoms with van der Waals surface area (Å²) < 4.78 is 12.9. The van der Waals surface area contributed by atoms with Gasteiger partial charge in [-0.05, 0) is 29.7 Å². The number of aliphatic hydroxyl groups excluding tert-OH is 2. The minimum Gasteiger partial charge on any atom is -0.491 e. The molecule has 3 aromatic carbocycles. The molecule has 6 aromatic rings. The van der Waals surface area contributed by atoms with Crippen LogP contribution in [0.2, 0.25) is 0 Å². The van der Waals surface area contributed by atoms with E-state index in [0.717, 1.165) is 11.1 Å². The van der Waals surface area contributed by atoms with E-state index < -0.39 is 35.4 Å². The standard InChI is InChI=1S/C35H37N11O6/c1-3-46-42-32(41-43-46)30-27(49)28(50)34(52-30)45-18-37-24-31(36-16-22(19-10-6-4-7-11-19)20-12-8-5-9-13-20)39-35(40-33(24)45)44-15-14-21(17-44)38-23-25(47)26(48)29(23)51-2/h4-13,18,21-22,27-28,30,34,38,49-50H,3,14-17H2,1-2H3,(H,36,39,40)/t21-,27+,28-,30+,34-/m1/s1. The molecule has 0 saturated carbocycles. The zero-order chi connectivity index (χ0) is 35.9. The van der Waals surface area contributed by atoms with Crippen molar-refractivity contribution in [2.75, 3.05) is 42.3 Å². The Labute approximate surface area is 296 Å². The predicted octanol–water partition coefficient (Wildman–Crippen LogP) is 1.36. The van der Waals surface area contributed by atoms with Gasteiger partial charge in [-0.1, -0.05) is 60.7 Å². The molecule has 17 heteroatoms. The maximum absolute atomic E-state index is 12.2. The summed E-state index contributed by atoms with van der Waals surface area (Å²) in [4.78, 5) is 42.0. The van der Waals surface area contributed by atoms with Crippen molar-refractivity contribution < 1.29 is 19.7 Å². The Kier molecular flexibility index (Phi) is 8.82. The van der Waals surface area contributed by atoms with Gasteiger partial charge in [0.2, 0.25) is 11.8 Å². The highest BCUT2D eigenvalue weighted by Crippen LogP contribution is 2.39. The molecule has 2 saturated heterocycles. The third kappa shape index (κ3) is 5.91. The molecule has 0 unspecified atom stereocenters. The number of aryl methyl sites for hydroxylation is 1. The molecule has 8 rings (SSSR count). The topological polar surface area (TPSA) is 208 Å². The summed E-state index contributed by atoms with van der Waals surface area (Å²) in [6, 6.07) is 20.2. The van der Waals surface area contributed by atoms with Crippen molar-refractivity contribution in [2.45, 2.75) is 56.4 Å². The average molecular weight is 708 g/mol. The second-order valence-electron chi connectivity index (χ2n) is 12.9. The molecule has 52 heavy (non-hydrogen) atoms. The summed E-state index contributed by atoms with van der Waals surface area (Å²) in [6.45, 7) is 3.79. The van der Waals surface area contributed by atoms with E-state index in [-0.39, 0.29) is 29.2 Å². The normalized spacial score (nSPS) is 21.8. The summed E-state index contributed by atoms with van der Waals surface area (Å²) in [5.74, 6) is 1.01. The summed E-state index contributed by atoms with van der Waals surface area (Å²) in [5.41, 5.74) is 1.99. The minimum atomic E-state index is -1.36. The van der Waals surface area contributed by atoms with Gasteiger partial charge in [-0.25, -0.2) is 4.98 Å². The van der Waals surface area contributed by atoms with Crippen LogP contribution in [-0.2, 0) is 11.3 Å². The van der Waals surface area contributed by atoms with E-state index in [1.165, 1.54) is 18.2 Å². The first-order valence-electron chi connectivity index (χ1n) is 17.1. The Bertz CT molecular complexity index is 2220. The van der Waals surface area contributed by atoms with Crippen LogP contribution >= 0.6 is 0 Å². The van der Waals surface area contributed by atoms with E-state index in [1.54, 1.807) is 4.57 Å². The fourth-order valence-electron chi connectivity index (χ4n) is 6.92. The van der Waals surface area contributed by atoms with Gasteiger partial charge in [0.15, 0.2) is 35.1 Å². The molecule has 0 amide bonds. The lowest BCUT2D eigenvalue weighted by Gasteiger charge is -2.22. The van der Waals surface area contributed by atoms with Crippen molar-refractivity contribution in [1.29, 1.82) is 0 Å². The monoisotopic (exact) mass is 707 g/mol. The van der Waals surface area contributed by atoms with Gasteiger partial charge < -0.3 is 35.2 Å². The number of hydrogen-bond donors (Lipinski definition) is 4. The molecule has 0 radical (unpaired) electrons. The molecule has 2 fully saturated rings. The Morgan fingerprint density at radius 3 is 2.40 bits per heavy atom. The molecule has 5 heterocycles. The second kappa shape index (κ2) is 13.7. The average Bonchev–Trinajstić information content (AvgIpc) is 3.99. The van der Waals surface area contributed by atoms with Crippen LogP contribution in [0.3, 0.4) is 0 Å². The molecule has 5 atom stereocenters. The zero-order valence-corrected chi connectivity index (χ0v) is 28.4. The van der Waals surface area contributed by atoms with Crippen molar-refractivity contribution in [1.82, 2.24) is 39.7 Å². The lowest BCUT2D eigenvalue weighted by atomic mass is 9.91. The third-order valence-electron chi connectivity index (χ3n) is 9.70. The summed E-state index contributed by atoms with van der Waals surface area (Å²) in [5, 5.41) is 41.3. The van der Waals surface area contributed by atoms with Crippen LogP contribution in [-0.4, -0.2) is 94.9 Å². The van der Waals surface area contributed by atoms with Gasteiger partial charge in [0.1, 0.15) is 17.9 Å². The van der Waals surface area contributed by atoms with Gasteiger partial charge >= 0.3 is 0 Å². The zero-order valence-electron chi connectivity index (χ0n) is 28.4. The Hall–Kier alpha value is -5.78. The van der Waals surface area contributed by atoms with Crippen molar-refractivity contribution >= 4 is 28.6 Å². The molecular formula is C35H37N11O6. The first-order valence-corrected chi connectivity index (χ1v) is 17.1. The molecule has 268 valence electrons. The van der Waals surface area contributed by atoms with Crippen molar-refractivity contribution in [3.63, 3.8) is 0 Å². The van der Waals surface area contributed by atoms with E-state index in [0.29, 0.717) is 55.5 Å². The lowest BCUT2D eigenvalue weighted by molar-refractivity contribution is -0.0384. The Morgan fingerprint density at radius 2 is 1.73 bits per heavy atom. The first kappa shape index (κ1) is 33.4. The lowest BCUT2D eigenvalue weighted by Crippen LogP contribution is -2.38. The van der Waals surface area contributed by atoms with Gasteiger partial charge in [-0.15, -0.1) is 10.2 Å². The molecule has 2 aliphatic heterocycles. The van der Waals surface area contributed by atoms with Gasteiger partial charge in [-0.2, -0.15) is 14.8 Å². The number of aromatic nitrogens is 8. The molecule has 2 aliphatic rings. The van der Waals surface area contributed by atoms with Gasteiger partial charge in [0.05, 0.1) is 20.0 Å². The van der Waals surface area contributed by atoms with Gasteiger partial charge in [0, 0.05) is 31.6 Å². The Morgan fingerprint density at radius 1 is 1.00 bits per heavy atom. The second-order valence-corrected chi connectivity index (χ2v) is 12.9. The smallest absolute Gasteiger partial charge is 0.271 e. The van der Waals surface area contributed by atoms with Crippen molar-refractivity contribution in [3.8, 4) is 5.75 Å². The number of hydrogen-bond acceptors (Lipinski definition) is 15. The van der Waals surface area contributed by atoms with Crippen LogP contribution in [0.4, 0.5) is 17.5 Å². The van der Waals surface area contributed by atoms with Crippen LogP contribution in [0.15, 0.2) is 76.6 Å². The fourth-order valence-corrected chi connectivity index (χ4v) is 6.92. The van der Waals surface area contributed by atoms with Crippen molar-refractivity contribution in [2.24, 2.45) is 0 Å². The predicted molar refractivity (Wildman–Crippen MR) is 189 cm³/mol. The first-order chi connectivity index (χ1) is 25.3. The number of ether oxygens (including phenoxy) is 2. The number of benzene rings is 2. The SMILES string of the molecule is CCn1nnc([C@H]2O[C@@H](n3cnc4c(NCC(c5ccccc5)c5ccccc5)nc(N5CC[C@@H](Nc6c(OC)c(=O)c6=O)C5)nc43)[C@H](O)[C@@H]2O)n1. The maximum atomic E-state index is 12.2. The summed E-state index contributed by atoms with van der Waals surface area (Å²) in [7, 11) is 1.36. The highest BCUT2D eigenvalue weighted by Gasteiger charge is 2.47. The molecule has 0 aliphatic carbocycles. The van der Waals surface area contributed by atoms with E-state index in [1.807, 2.05) is 48.2 Å². The molecule has 4 N–H and O–H groups in total. The molecule has 0 bridgehead atoms. The number of fused-ring (bicyclic) bond motifs is 1. The molecule has 0 spiro atoms. The number of nitrogens with one attached hydrogen (secondary N) is 2. The number of imidazole rings is 1. The highest BCUT2D eigenvalue weighted by atomic mass is 16.6. The molecule has 17 nitrogen and oxygen atoms in total. The largest absolute Gasteiger partial charge is 0.491 e. The number of nitrogens with zero attached hydrogens (tertiary/aromatic N) is 9. The van der Waals surface area contributed by atoms with E-state index in [4.69, 9.17) is 19.4 Å². The van der Waals surface area contributed by atoms with Crippen LogP contribution in [0.1, 0.15) is 48.5 Å².